The van der Waals surface area contributed by atoms with Gasteiger partial charge in [0.2, 0.25) is 0 Å². The van der Waals surface area contributed by atoms with Crippen LogP contribution in [0.25, 0.3) is 0 Å². The third kappa shape index (κ3) is 2.93. The topological polar surface area (TPSA) is 63.2 Å². The molecule has 0 bridgehead atoms. The Morgan fingerprint density at radius 2 is 2.50 bits per heavy atom. The minimum Gasteiger partial charge on any atom is -0.358 e. The molecule has 0 radical (unpaired) electrons. The van der Waals surface area contributed by atoms with Crippen LogP contribution in [0, 0.1) is 6.92 Å². The van der Waals surface area contributed by atoms with Crippen LogP contribution in [-0.2, 0) is 4.74 Å². The summed E-state index contributed by atoms with van der Waals surface area (Å²) in [5.41, 5.74) is 1.06. The van der Waals surface area contributed by atoms with Crippen molar-refractivity contribution in [3.8, 4) is 0 Å². The number of aryl methyl sites for hydroxylation is 1. The monoisotopic (exact) mass is 221 g/mol. The first-order valence-electron chi connectivity index (χ1n) is 5.36. The van der Waals surface area contributed by atoms with Crippen molar-refractivity contribution < 1.29 is 9.53 Å². The number of nitrogens with one attached hydrogen (secondary N) is 2. The third-order valence-corrected chi connectivity index (χ3v) is 2.38. The standard InChI is InChI=1S/C11H15N3O2/c1-8-4-5-12-9(7-8)13-11(15)14-10-3-2-6-16-10/h4-5,7,10H,2-3,6H2,1H3,(H2,12,13,14,15). The molecule has 1 saturated heterocycles. The van der Waals surface area contributed by atoms with E-state index in [0.29, 0.717) is 12.4 Å². The lowest BCUT2D eigenvalue weighted by molar-refractivity contribution is 0.0928. The van der Waals surface area contributed by atoms with Gasteiger partial charge in [-0.1, -0.05) is 0 Å². The van der Waals surface area contributed by atoms with Gasteiger partial charge in [0.15, 0.2) is 0 Å². The van der Waals surface area contributed by atoms with Crippen LogP contribution in [0.3, 0.4) is 0 Å². The van der Waals surface area contributed by atoms with Crippen LogP contribution in [0.1, 0.15) is 18.4 Å². The van der Waals surface area contributed by atoms with E-state index in [1.807, 2.05) is 19.1 Å². The van der Waals surface area contributed by atoms with Gasteiger partial charge in [-0.05, 0) is 37.5 Å². The quantitative estimate of drug-likeness (QED) is 0.798. The van der Waals surface area contributed by atoms with Gasteiger partial charge >= 0.3 is 6.03 Å². The SMILES string of the molecule is Cc1ccnc(NC(=O)NC2CCCO2)c1. The summed E-state index contributed by atoms with van der Waals surface area (Å²) in [4.78, 5) is 15.6. The van der Waals surface area contributed by atoms with Crippen molar-refractivity contribution in [2.24, 2.45) is 0 Å². The van der Waals surface area contributed by atoms with Gasteiger partial charge in [-0.15, -0.1) is 0 Å². The Kier molecular flexibility index (Phi) is 3.36. The molecule has 2 heterocycles. The fourth-order valence-corrected chi connectivity index (χ4v) is 1.59. The first-order valence-corrected chi connectivity index (χ1v) is 5.36. The molecule has 2 amide bonds. The Morgan fingerprint density at radius 1 is 1.62 bits per heavy atom. The Balaban J connectivity index is 1.86. The molecule has 5 heteroatoms. The molecular weight excluding hydrogens is 206 g/mol. The van der Waals surface area contributed by atoms with E-state index in [1.165, 1.54) is 0 Å². The van der Waals surface area contributed by atoms with Crippen molar-refractivity contribution >= 4 is 11.8 Å². The molecule has 1 aliphatic rings. The van der Waals surface area contributed by atoms with E-state index in [1.54, 1.807) is 6.20 Å². The maximum absolute atomic E-state index is 11.5. The zero-order valence-corrected chi connectivity index (χ0v) is 9.19. The first kappa shape index (κ1) is 10.9. The highest BCUT2D eigenvalue weighted by atomic mass is 16.5. The number of aromatic nitrogens is 1. The number of nitrogens with zero attached hydrogens (tertiary/aromatic N) is 1. The fourth-order valence-electron chi connectivity index (χ4n) is 1.59. The molecule has 1 fully saturated rings. The normalized spacial score (nSPS) is 19.4. The molecule has 1 aromatic rings. The molecule has 2 N–H and O–H groups in total. The molecule has 86 valence electrons. The van der Waals surface area contributed by atoms with Gasteiger partial charge in [0.1, 0.15) is 12.0 Å². The van der Waals surface area contributed by atoms with E-state index in [2.05, 4.69) is 15.6 Å². The number of hydrogen-bond acceptors (Lipinski definition) is 3. The lowest BCUT2D eigenvalue weighted by atomic mass is 10.3. The van der Waals surface area contributed by atoms with Crippen molar-refractivity contribution in [2.75, 3.05) is 11.9 Å². The second kappa shape index (κ2) is 4.94. The van der Waals surface area contributed by atoms with Crippen LogP contribution in [-0.4, -0.2) is 23.8 Å². The fraction of sp³-hybridized carbons (Fsp3) is 0.455. The van der Waals surface area contributed by atoms with Gasteiger partial charge < -0.3 is 10.1 Å². The summed E-state index contributed by atoms with van der Waals surface area (Å²) in [5.74, 6) is 0.551. The Labute approximate surface area is 94.2 Å². The van der Waals surface area contributed by atoms with E-state index >= 15 is 0 Å². The zero-order chi connectivity index (χ0) is 11.4. The first-order chi connectivity index (χ1) is 7.74. The minimum atomic E-state index is -0.273. The Morgan fingerprint density at radius 3 is 3.19 bits per heavy atom. The maximum atomic E-state index is 11.5. The minimum absolute atomic E-state index is 0.162. The molecule has 0 aromatic carbocycles. The lowest BCUT2D eigenvalue weighted by Crippen LogP contribution is -2.37. The number of carbonyl (C=O) groups excluding carboxylic acids is 1. The molecule has 0 saturated carbocycles. The van der Waals surface area contributed by atoms with E-state index in [4.69, 9.17) is 4.74 Å². The number of ether oxygens (including phenoxy) is 1. The van der Waals surface area contributed by atoms with Crippen molar-refractivity contribution in [1.82, 2.24) is 10.3 Å². The summed E-state index contributed by atoms with van der Waals surface area (Å²) in [7, 11) is 0. The van der Waals surface area contributed by atoms with Crippen LogP contribution in [0.4, 0.5) is 10.6 Å². The van der Waals surface area contributed by atoms with Crippen molar-refractivity contribution in [3.63, 3.8) is 0 Å². The average Bonchev–Trinajstić information content (AvgIpc) is 2.70. The predicted octanol–water partition coefficient (Wildman–Crippen LogP) is 1.65. The molecule has 1 aliphatic heterocycles. The highest BCUT2D eigenvalue weighted by Crippen LogP contribution is 2.09. The highest BCUT2D eigenvalue weighted by molar-refractivity contribution is 5.88. The number of urea groups is 1. The predicted molar refractivity (Wildman–Crippen MR) is 60.1 cm³/mol. The maximum Gasteiger partial charge on any atom is 0.322 e. The van der Waals surface area contributed by atoms with Gasteiger partial charge in [-0.3, -0.25) is 5.32 Å². The number of hydrogen-bond donors (Lipinski definition) is 2. The molecule has 16 heavy (non-hydrogen) atoms. The van der Waals surface area contributed by atoms with Gasteiger partial charge in [0, 0.05) is 12.8 Å². The molecule has 2 rings (SSSR count). The van der Waals surface area contributed by atoms with Crippen LogP contribution in [0.5, 0.6) is 0 Å². The lowest BCUT2D eigenvalue weighted by Gasteiger charge is -2.12. The van der Waals surface area contributed by atoms with E-state index in [0.717, 1.165) is 18.4 Å². The van der Waals surface area contributed by atoms with Gasteiger partial charge in [-0.2, -0.15) is 0 Å². The third-order valence-electron chi connectivity index (χ3n) is 2.38. The number of pyridine rings is 1. The second-order valence-corrected chi connectivity index (χ2v) is 3.82. The summed E-state index contributed by atoms with van der Waals surface area (Å²) in [6.45, 7) is 2.67. The molecular formula is C11H15N3O2. The summed E-state index contributed by atoms with van der Waals surface area (Å²) < 4.78 is 5.29. The van der Waals surface area contributed by atoms with Crippen molar-refractivity contribution in [2.45, 2.75) is 26.0 Å². The molecule has 5 nitrogen and oxygen atoms in total. The number of amides is 2. The molecule has 1 unspecified atom stereocenters. The van der Waals surface area contributed by atoms with Gasteiger partial charge in [-0.25, -0.2) is 9.78 Å². The number of rotatable bonds is 2. The Bertz CT molecular complexity index is 375. The van der Waals surface area contributed by atoms with Crippen molar-refractivity contribution in [3.05, 3.63) is 23.9 Å². The number of carbonyl (C=O) groups is 1. The summed E-state index contributed by atoms with van der Waals surface area (Å²) in [6, 6.07) is 3.42. The van der Waals surface area contributed by atoms with Crippen LogP contribution >= 0.6 is 0 Å². The average molecular weight is 221 g/mol. The zero-order valence-electron chi connectivity index (χ0n) is 9.19. The molecule has 1 aromatic heterocycles. The summed E-state index contributed by atoms with van der Waals surface area (Å²) in [5, 5.41) is 5.40. The van der Waals surface area contributed by atoms with Gasteiger partial charge in [0.05, 0.1) is 0 Å². The summed E-state index contributed by atoms with van der Waals surface area (Å²) in [6.07, 6.45) is 3.36. The molecule has 1 atom stereocenters. The summed E-state index contributed by atoms with van der Waals surface area (Å²) >= 11 is 0. The van der Waals surface area contributed by atoms with Crippen molar-refractivity contribution in [1.29, 1.82) is 0 Å². The van der Waals surface area contributed by atoms with Crippen LogP contribution in [0.2, 0.25) is 0 Å². The van der Waals surface area contributed by atoms with Crippen LogP contribution in [0.15, 0.2) is 18.3 Å². The smallest absolute Gasteiger partial charge is 0.322 e. The van der Waals surface area contributed by atoms with Gasteiger partial charge in [0.25, 0.3) is 0 Å². The molecule has 0 spiro atoms. The van der Waals surface area contributed by atoms with E-state index < -0.39 is 0 Å². The second-order valence-electron chi connectivity index (χ2n) is 3.82. The molecule has 0 aliphatic carbocycles. The van der Waals surface area contributed by atoms with Crippen LogP contribution < -0.4 is 10.6 Å². The highest BCUT2D eigenvalue weighted by Gasteiger charge is 2.17. The number of anilines is 1. The Hall–Kier alpha value is -1.62. The van der Waals surface area contributed by atoms with E-state index in [9.17, 15) is 4.79 Å². The largest absolute Gasteiger partial charge is 0.358 e. The van der Waals surface area contributed by atoms with E-state index in [-0.39, 0.29) is 12.3 Å².